The molecule has 0 saturated carbocycles. The van der Waals surface area contributed by atoms with Crippen LogP contribution in [0.4, 0.5) is 8.78 Å². The third-order valence-corrected chi connectivity index (χ3v) is 4.72. The van der Waals surface area contributed by atoms with Gasteiger partial charge in [0, 0.05) is 35.8 Å². The zero-order chi connectivity index (χ0) is 21.0. The lowest BCUT2D eigenvalue weighted by Crippen LogP contribution is -2.23. The highest BCUT2D eigenvalue weighted by molar-refractivity contribution is 5.81. The quantitative estimate of drug-likeness (QED) is 0.646. The van der Waals surface area contributed by atoms with Crippen LogP contribution in [0.2, 0.25) is 0 Å². The molecule has 152 valence electrons. The number of hydrogen-bond donors (Lipinski definition) is 1. The van der Waals surface area contributed by atoms with E-state index in [0.29, 0.717) is 25.1 Å². The summed E-state index contributed by atoms with van der Waals surface area (Å²) in [5, 5.41) is 0.960. The molecule has 1 unspecified atom stereocenters. The van der Waals surface area contributed by atoms with Gasteiger partial charge in [-0.1, -0.05) is 24.0 Å². The number of aromatic nitrogens is 2. The van der Waals surface area contributed by atoms with Crippen molar-refractivity contribution >= 4 is 11.0 Å². The number of hydrogen-bond acceptors (Lipinski definition) is 3. The molecule has 1 aromatic carbocycles. The van der Waals surface area contributed by atoms with E-state index in [1.165, 1.54) is 0 Å². The first kappa shape index (κ1) is 21.0. The number of nitrogens with zero attached hydrogens (tertiary/aromatic N) is 3. The molecule has 29 heavy (non-hydrogen) atoms. The molecule has 2 heterocycles. The molecule has 6 heteroatoms. The predicted octanol–water partition coefficient (Wildman–Crippen LogP) is 3.64. The van der Waals surface area contributed by atoms with E-state index in [4.69, 9.17) is 0 Å². The Kier molecular flexibility index (Phi) is 6.63. The van der Waals surface area contributed by atoms with E-state index in [0.717, 1.165) is 28.2 Å². The van der Waals surface area contributed by atoms with Crippen LogP contribution in [0.5, 0.6) is 0 Å². The van der Waals surface area contributed by atoms with Crippen LogP contribution in [-0.4, -0.2) is 61.0 Å². The number of halogens is 2. The molecule has 0 aliphatic heterocycles. The lowest BCUT2D eigenvalue weighted by molar-refractivity contribution is 0.363. The van der Waals surface area contributed by atoms with Crippen LogP contribution in [0.15, 0.2) is 36.7 Å². The Hall–Kier alpha value is -2.75. The molecule has 0 spiro atoms. The van der Waals surface area contributed by atoms with Crippen molar-refractivity contribution in [2.45, 2.75) is 12.3 Å². The molecule has 3 aromatic rings. The van der Waals surface area contributed by atoms with Gasteiger partial charge >= 0.3 is 0 Å². The van der Waals surface area contributed by atoms with Gasteiger partial charge in [0.1, 0.15) is 5.65 Å². The van der Waals surface area contributed by atoms with Crippen LogP contribution in [0.3, 0.4) is 0 Å². The highest BCUT2D eigenvalue weighted by Crippen LogP contribution is 2.28. The lowest BCUT2D eigenvalue weighted by atomic mass is 9.91. The van der Waals surface area contributed by atoms with Crippen molar-refractivity contribution in [3.8, 4) is 11.8 Å². The largest absolute Gasteiger partial charge is 0.346 e. The van der Waals surface area contributed by atoms with Crippen molar-refractivity contribution in [1.82, 2.24) is 19.8 Å². The molecule has 3 rings (SSSR count). The van der Waals surface area contributed by atoms with E-state index in [-0.39, 0.29) is 5.92 Å². The second-order valence-electron chi connectivity index (χ2n) is 7.78. The zero-order valence-corrected chi connectivity index (χ0v) is 17.3. The van der Waals surface area contributed by atoms with Crippen LogP contribution >= 0.6 is 0 Å². The summed E-state index contributed by atoms with van der Waals surface area (Å²) in [6, 6.07) is 6.38. The van der Waals surface area contributed by atoms with Gasteiger partial charge in [0.15, 0.2) is 11.6 Å². The third-order valence-electron chi connectivity index (χ3n) is 4.72. The first-order valence-corrected chi connectivity index (χ1v) is 9.53. The fraction of sp³-hybridized carbons (Fsp3) is 0.348. The fourth-order valence-corrected chi connectivity index (χ4v) is 3.41. The van der Waals surface area contributed by atoms with Crippen LogP contribution in [-0.2, 0) is 6.42 Å². The lowest BCUT2D eigenvalue weighted by Gasteiger charge is -2.22. The van der Waals surface area contributed by atoms with E-state index in [2.05, 4.69) is 21.8 Å². The summed E-state index contributed by atoms with van der Waals surface area (Å²) >= 11 is 0. The van der Waals surface area contributed by atoms with Gasteiger partial charge in [-0.2, -0.15) is 0 Å². The summed E-state index contributed by atoms with van der Waals surface area (Å²) in [7, 11) is 7.80. The van der Waals surface area contributed by atoms with Crippen LogP contribution < -0.4 is 0 Å². The van der Waals surface area contributed by atoms with Gasteiger partial charge in [0.05, 0.1) is 6.54 Å². The normalized spacial score (nSPS) is 12.4. The van der Waals surface area contributed by atoms with Gasteiger partial charge in [-0.3, -0.25) is 4.90 Å². The summed E-state index contributed by atoms with van der Waals surface area (Å²) in [6.07, 6.45) is 4.21. The Morgan fingerprint density at radius 1 is 1.14 bits per heavy atom. The Bertz CT molecular complexity index is 1040. The van der Waals surface area contributed by atoms with Crippen molar-refractivity contribution in [1.29, 1.82) is 0 Å². The molecule has 0 fully saturated rings. The molecule has 0 radical (unpaired) electrons. The Morgan fingerprint density at radius 2 is 1.93 bits per heavy atom. The minimum atomic E-state index is -0.815. The van der Waals surface area contributed by atoms with Gasteiger partial charge in [0.25, 0.3) is 0 Å². The van der Waals surface area contributed by atoms with E-state index in [9.17, 15) is 8.78 Å². The summed E-state index contributed by atoms with van der Waals surface area (Å²) < 4.78 is 28.3. The standard InChI is InChI=1S/C23H26F2N4/c1-28(2)10-6-7-16-11-20-17(14-27-23(20)26-13-16)12-18(15-29(3)4)19-8-5-9-21(24)22(19)25/h5,8-9,11,13-14,18H,10,12,15H2,1-4H3,(H,26,27). The number of aromatic amines is 1. The van der Waals surface area contributed by atoms with Gasteiger partial charge in [-0.15, -0.1) is 0 Å². The molecular formula is C23H26F2N4. The monoisotopic (exact) mass is 396 g/mol. The average Bonchev–Trinajstić information content (AvgIpc) is 3.05. The number of fused-ring (bicyclic) bond motifs is 1. The van der Waals surface area contributed by atoms with E-state index in [1.54, 1.807) is 18.3 Å². The maximum atomic E-state index is 14.5. The minimum Gasteiger partial charge on any atom is -0.346 e. The second-order valence-corrected chi connectivity index (χ2v) is 7.78. The maximum absolute atomic E-state index is 14.5. The highest BCUT2D eigenvalue weighted by Gasteiger charge is 2.21. The van der Waals surface area contributed by atoms with E-state index >= 15 is 0 Å². The van der Waals surface area contributed by atoms with Crippen LogP contribution in [0.1, 0.15) is 22.6 Å². The molecule has 0 amide bonds. The summed E-state index contributed by atoms with van der Waals surface area (Å²) in [5.74, 6) is 4.47. The van der Waals surface area contributed by atoms with Crippen LogP contribution in [0.25, 0.3) is 11.0 Å². The van der Waals surface area contributed by atoms with Gasteiger partial charge in [-0.25, -0.2) is 13.8 Å². The Labute approximate surface area is 170 Å². The summed E-state index contributed by atoms with van der Waals surface area (Å²) in [6.45, 7) is 1.27. The predicted molar refractivity (Wildman–Crippen MR) is 113 cm³/mol. The first-order chi connectivity index (χ1) is 13.8. The topological polar surface area (TPSA) is 35.2 Å². The van der Waals surface area contributed by atoms with E-state index in [1.807, 2.05) is 50.3 Å². The Balaban J connectivity index is 1.94. The first-order valence-electron chi connectivity index (χ1n) is 9.53. The Morgan fingerprint density at radius 3 is 2.66 bits per heavy atom. The van der Waals surface area contributed by atoms with Gasteiger partial charge in [-0.05, 0) is 57.9 Å². The smallest absolute Gasteiger partial charge is 0.162 e. The number of H-pyrrole nitrogens is 1. The minimum absolute atomic E-state index is 0.191. The van der Waals surface area contributed by atoms with Crippen molar-refractivity contribution in [2.75, 3.05) is 41.3 Å². The van der Waals surface area contributed by atoms with Crippen molar-refractivity contribution < 1.29 is 8.78 Å². The van der Waals surface area contributed by atoms with Gasteiger partial charge in [0.2, 0.25) is 0 Å². The molecule has 0 bridgehead atoms. The molecule has 1 atom stereocenters. The number of rotatable bonds is 6. The second kappa shape index (κ2) is 9.17. The highest BCUT2D eigenvalue weighted by atomic mass is 19.2. The number of nitrogens with one attached hydrogen (secondary N) is 1. The molecule has 0 saturated heterocycles. The summed E-state index contributed by atoms with van der Waals surface area (Å²) in [5.41, 5.74) is 3.00. The SMILES string of the molecule is CN(C)CC#Cc1cnc2[nH]cc(CC(CN(C)C)c3cccc(F)c3F)c2c1. The van der Waals surface area contributed by atoms with E-state index < -0.39 is 11.6 Å². The molecule has 4 nitrogen and oxygen atoms in total. The zero-order valence-electron chi connectivity index (χ0n) is 17.3. The van der Waals surface area contributed by atoms with Crippen molar-refractivity contribution in [3.05, 3.63) is 65.0 Å². The average molecular weight is 396 g/mol. The molecule has 0 aliphatic rings. The number of benzene rings is 1. The van der Waals surface area contributed by atoms with Gasteiger partial charge < -0.3 is 9.88 Å². The van der Waals surface area contributed by atoms with Crippen molar-refractivity contribution in [2.24, 2.45) is 0 Å². The fourth-order valence-electron chi connectivity index (χ4n) is 3.41. The molecular weight excluding hydrogens is 370 g/mol. The maximum Gasteiger partial charge on any atom is 0.162 e. The molecule has 0 aliphatic carbocycles. The van der Waals surface area contributed by atoms with Crippen LogP contribution in [0, 0.1) is 23.5 Å². The van der Waals surface area contributed by atoms with Crippen molar-refractivity contribution in [3.63, 3.8) is 0 Å². The third kappa shape index (κ3) is 5.20. The molecule has 2 aromatic heterocycles. The number of pyridine rings is 1. The number of likely N-dealkylation sites (N-methyl/N-ethyl adjacent to an activating group) is 1. The molecule has 1 N–H and O–H groups in total. The summed E-state index contributed by atoms with van der Waals surface area (Å²) in [4.78, 5) is 11.6.